The van der Waals surface area contributed by atoms with Crippen molar-refractivity contribution in [2.45, 2.75) is 20.0 Å². The fourth-order valence-electron chi connectivity index (χ4n) is 2.64. The molecule has 0 unspecified atom stereocenters. The van der Waals surface area contributed by atoms with Crippen molar-refractivity contribution in [1.29, 1.82) is 5.41 Å². The van der Waals surface area contributed by atoms with E-state index in [4.69, 9.17) is 11.1 Å². The Morgan fingerprint density at radius 2 is 1.74 bits per heavy atom. The van der Waals surface area contributed by atoms with Crippen LogP contribution in [0.1, 0.15) is 22.3 Å². The minimum atomic E-state index is 0.134. The molecule has 0 bridgehead atoms. The largest absolute Gasteiger partial charge is 0.384 e. The van der Waals surface area contributed by atoms with Gasteiger partial charge in [0, 0.05) is 24.3 Å². The summed E-state index contributed by atoms with van der Waals surface area (Å²) in [4.78, 5) is 2.28. The first kappa shape index (κ1) is 11.8. The zero-order valence-corrected chi connectivity index (χ0v) is 11.0. The van der Waals surface area contributed by atoms with Crippen LogP contribution in [0, 0.1) is 12.3 Å². The summed E-state index contributed by atoms with van der Waals surface area (Å²) in [5.41, 5.74) is 11.4. The molecule has 2 aromatic rings. The lowest BCUT2D eigenvalue weighted by molar-refractivity contribution is 0.878. The summed E-state index contributed by atoms with van der Waals surface area (Å²) in [6, 6.07) is 14.6. The maximum atomic E-state index is 7.75. The Morgan fingerprint density at radius 3 is 2.32 bits per heavy atom. The van der Waals surface area contributed by atoms with Crippen molar-refractivity contribution in [3.8, 4) is 0 Å². The van der Waals surface area contributed by atoms with E-state index in [9.17, 15) is 0 Å². The number of nitrogens with two attached hydrogens (primary N) is 1. The number of amidine groups is 1. The average Bonchev–Trinajstić information content (AvgIpc) is 2.82. The van der Waals surface area contributed by atoms with Crippen molar-refractivity contribution in [3.63, 3.8) is 0 Å². The van der Waals surface area contributed by atoms with Gasteiger partial charge >= 0.3 is 0 Å². The third-order valence-electron chi connectivity index (χ3n) is 3.62. The molecule has 19 heavy (non-hydrogen) atoms. The summed E-state index contributed by atoms with van der Waals surface area (Å²) in [7, 11) is 0. The van der Waals surface area contributed by atoms with Crippen LogP contribution < -0.4 is 10.6 Å². The normalized spacial score (nSPS) is 13.4. The number of hydrogen-bond donors (Lipinski definition) is 2. The third-order valence-corrected chi connectivity index (χ3v) is 3.62. The van der Waals surface area contributed by atoms with E-state index in [1.54, 1.807) is 0 Å². The fourth-order valence-corrected chi connectivity index (χ4v) is 2.64. The number of hydrogen-bond acceptors (Lipinski definition) is 2. The predicted octanol–water partition coefficient (Wildman–Crippen LogP) is 2.80. The first-order chi connectivity index (χ1) is 9.15. The molecule has 1 aliphatic rings. The van der Waals surface area contributed by atoms with Crippen molar-refractivity contribution < 1.29 is 0 Å². The molecule has 96 valence electrons. The molecule has 0 aliphatic carbocycles. The smallest absolute Gasteiger partial charge is 0.124 e. The second-order valence-electron chi connectivity index (χ2n) is 5.06. The average molecular weight is 251 g/mol. The van der Waals surface area contributed by atoms with Crippen molar-refractivity contribution in [2.75, 3.05) is 4.90 Å². The van der Waals surface area contributed by atoms with Gasteiger partial charge in [0.15, 0.2) is 0 Å². The van der Waals surface area contributed by atoms with E-state index in [-0.39, 0.29) is 5.84 Å². The minimum Gasteiger partial charge on any atom is -0.384 e. The van der Waals surface area contributed by atoms with Crippen LogP contribution in [0.3, 0.4) is 0 Å². The molecular weight excluding hydrogens is 234 g/mol. The molecule has 0 aromatic heterocycles. The van der Waals surface area contributed by atoms with Crippen molar-refractivity contribution in [1.82, 2.24) is 0 Å². The third kappa shape index (κ3) is 2.08. The zero-order chi connectivity index (χ0) is 13.4. The molecule has 3 heteroatoms. The van der Waals surface area contributed by atoms with Crippen molar-refractivity contribution in [2.24, 2.45) is 5.73 Å². The van der Waals surface area contributed by atoms with Gasteiger partial charge in [0.2, 0.25) is 0 Å². The van der Waals surface area contributed by atoms with E-state index in [1.807, 2.05) is 13.0 Å². The highest BCUT2D eigenvalue weighted by Crippen LogP contribution is 2.30. The van der Waals surface area contributed by atoms with Crippen LogP contribution in [0.4, 0.5) is 5.69 Å². The van der Waals surface area contributed by atoms with Crippen molar-refractivity contribution >= 4 is 11.5 Å². The van der Waals surface area contributed by atoms with Gasteiger partial charge in [0.25, 0.3) is 0 Å². The molecule has 0 amide bonds. The molecule has 0 radical (unpaired) electrons. The number of nitrogen functional groups attached to an aromatic ring is 1. The molecular formula is C16H17N3. The van der Waals surface area contributed by atoms with E-state index < -0.39 is 0 Å². The molecule has 3 rings (SSSR count). The lowest BCUT2D eigenvalue weighted by atomic mass is 10.1. The van der Waals surface area contributed by atoms with Gasteiger partial charge < -0.3 is 10.6 Å². The van der Waals surface area contributed by atoms with E-state index >= 15 is 0 Å². The van der Waals surface area contributed by atoms with Gasteiger partial charge in [0.05, 0.1) is 0 Å². The summed E-state index contributed by atoms with van der Waals surface area (Å²) in [5, 5.41) is 7.75. The SMILES string of the molecule is Cc1ccc(N2Cc3ccccc3C2)c(C(=N)N)c1. The molecule has 3 N–H and O–H groups in total. The summed E-state index contributed by atoms with van der Waals surface area (Å²) in [5.74, 6) is 0.134. The molecule has 1 aliphatic heterocycles. The van der Waals surface area contributed by atoms with Crippen LogP contribution >= 0.6 is 0 Å². The van der Waals surface area contributed by atoms with Crippen LogP contribution in [0.25, 0.3) is 0 Å². The van der Waals surface area contributed by atoms with Crippen LogP contribution in [0.5, 0.6) is 0 Å². The van der Waals surface area contributed by atoms with Gasteiger partial charge in [-0.25, -0.2) is 0 Å². The van der Waals surface area contributed by atoms with Gasteiger partial charge in [-0.05, 0) is 30.2 Å². The maximum absolute atomic E-state index is 7.75. The lowest BCUT2D eigenvalue weighted by Crippen LogP contribution is -2.21. The molecule has 3 nitrogen and oxygen atoms in total. The van der Waals surface area contributed by atoms with Gasteiger partial charge in [-0.15, -0.1) is 0 Å². The van der Waals surface area contributed by atoms with E-state index in [0.29, 0.717) is 0 Å². The monoisotopic (exact) mass is 251 g/mol. The fraction of sp³-hybridized carbons (Fsp3) is 0.188. The standard InChI is InChI=1S/C16H17N3/c1-11-6-7-15(14(8-11)16(17)18)19-9-12-4-2-3-5-13(12)10-19/h2-8H,9-10H2,1H3,(H3,17,18). The summed E-state index contributed by atoms with van der Waals surface area (Å²) in [6.45, 7) is 3.80. The Labute approximate surface area is 113 Å². The Morgan fingerprint density at radius 1 is 1.11 bits per heavy atom. The second kappa shape index (κ2) is 4.43. The molecule has 1 heterocycles. The number of aryl methyl sites for hydroxylation is 1. The number of anilines is 1. The Kier molecular flexibility index (Phi) is 2.75. The lowest BCUT2D eigenvalue weighted by Gasteiger charge is -2.21. The molecule has 0 fully saturated rings. The van der Waals surface area contributed by atoms with Crippen LogP contribution in [0.15, 0.2) is 42.5 Å². The number of rotatable bonds is 2. The summed E-state index contributed by atoms with van der Waals surface area (Å²) < 4.78 is 0. The van der Waals surface area contributed by atoms with Crippen LogP contribution in [0.2, 0.25) is 0 Å². The highest BCUT2D eigenvalue weighted by atomic mass is 15.1. The molecule has 2 aromatic carbocycles. The Balaban J connectivity index is 1.99. The zero-order valence-electron chi connectivity index (χ0n) is 11.0. The van der Waals surface area contributed by atoms with Gasteiger partial charge in [-0.2, -0.15) is 0 Å². The van der Waals surface area contributed by atoms with Gasteiger partial charge in [-0.1, -0.05) is 35.9 Å². The van der Waals surface area contributed by atoms with Crippen LogP contribution in [-0.4, -0.2) is 5.84 Å². The summed E-state index contributed by atoms with van der Waals surface area (Å²) >= 11 is 0. The second-order valence-corrected chi connectivity index (χ2v) is 5.06. The Hall–Kier alpha value is -2.29. The first-order valence-corrected chi connectivity index (χ1v) is 6.42. The number of benzene rings is 2. The molecule has 0 spiro atoms. The number of nitrogens with zero attached hydrogens (tertiary/aromatic N) is 1. The van der Waals surface area contributed by atoms with Crippen molar-refractivity contribution in [3.05, 3.63) is 64.7 Å². The molecule has 0 atom stereocenters. The molecule has 0 saturated carbocycles. The first-order valence-electron chi connectivity index (χ1n) is 6.42. The van der Waals surface area contributed by atoms with Gasteiger partial charge in [-0.3, -0.25) is 5.41 Å². The highest BCUT2D eigenvalue weighted by Gasteiger charge is 2.21. The predicted molar refractivity (Wildman–Crippen MR) is 78.5 cm³/mol. The highest BCUT2D eigenvalue weighted by molar-refractivity contribution is 6.00. The minimum absolute atomic E-state index is 0.134. The quantitative estimate of drug-likeness (QED) is 0.637. The van der Waals surface area contributed by atoms with E-state index in [1.165, 1.54) is 11.1 Å². The van der Waals surface area contributed by atoms with Crippen LogP contribution in [-0.2, 0) is 13.1 Å². The number of nitrogens with one attached hydrogen (secondary N) is 1. The Bertz CT molecular complexity index is 621. The summed E-state index contributed by atoms with van der Waals surface area (Å²) in [6.07, 6.45) is 0. The van der Waals surface area contributed by atoms with E-state index in [0.717, 1.165) is 29.9 Å². The maximum Gasteiger partial charge on any atom is 0.124 e. The number of fused-ring (bicyclic) bond motifs is 1. The topological polar surface area (TPSA) is 53.1 Å². The molecule has 0 saturated heterocycles. The van der Waals surface area contributed by atoms with Gasteiger partial charge in [0.1, 0.15) is 5.84 Å². The van der Waals surface area contributed by atoms with E-state index in [2.05, 4.69) is 41.3 Å².